The van der Waals surface area contributed by atoms with Gasteiger partial charge in [0.1, 0.15) is 0 Å². The number of carbonyl (C=O) groups is 1. The fraction of sp³-hybridized carbons (Fsp3) is 0.235. The van der Waals surface area contributed by atoms with Crippen molar-refractivity contribution < 1.29 is 9.53 Å². The molecule has 3 heterocycles. The van der Waals surface area contributed by atoms with Crippen molar-refractivity contribution in [2.45, 2.75) is 20.8 Å². The van der Waals surface area contributed by atoms with Crippen LogP contribution < -0.4 is 0 Å². The van der Waals surface area contributed by atoms with Gasteiger partial charge in [-0.05, 0) is 45.0 Å². The summed E-state index contributed by atoms with van der Waals surface area (Å²) in [7, 11) is 0. The van der Waals surface area contributed by atoms with Gasteiger partial charge in [-0.3, -0.25) is 4.98 Å². The first kappa shape index (κ1) is 15.8. The lowest BCUT2D eigenvalue weighted by atomic mass is 10.2. The molecule has 3 rings (SSSR count). The van der Waals surface area contributed by atoms with E-state index in [1.54, 1.807) is 25.4 Å². The molecule has 7 nitrogen and oxygen atoms in total. The molecule has 122 valence electrons. The summed E-state index contributed by atoms with van der Waals surface area (Å²) in [6.45, 7) is 5.77. The van der Waals surface area contributed by atoms with Crippen LogP contribution in [0.15, 0.2) is 36.7 Å². The monoisotopic (exact) mass is 323 g/mol. The van der Waals surface area contributed by atoms with Crippen LogP contribution in [0.25, 0.3) is 17.2 Å². The van der Waals surface area contributed by atoms with Gasteiger partial charge < -0.3 is 4.74 Å². The number of hydrogen-bond acceptors (Lipinski definition) is 6. The zero-order valence-electron chi connectivity index (χ0n) is 13.7. The third-order valence-electron chi connectivity index (χ3n) is 3.31. The van der Waals surface area contributed by atoms with Gasteiger partial charge in [-0.15, -0.1) is 0 Å². The third-order valence-corrected chi connectivity index (χ3v) is 3.31. The molecule has 0 aliphatic rings. The van der Waals surface area contributed by atoms with Crippen LogP contribution in [0, 0.1) is 13.8 Å². The van der Waals surface area contributed by atoms with Crippen LogP contribution >= 0.6 is 0 Å². The van der Waals surface area contributed by atoms with E-state index >= 15 is 0 Å². The Hall–Kier alpha value is -3.09. The molecule has 0 radical (unpaired) electrons. The van der Waals surface area contributed by atoms with Crippen LogP contribution in [0.1, 0.15) is 28.8 Å². The summed E-state index contributed by atoms with van der Waals surface area (Å²) in [5.74, 6) is -0.131. The average Bonchev–Trinajstić information content (AvgIpc) is 3.00. The number of hydrogen-bond donors (Lipinski definition) is 0. The number of carbonyl (C=O) groups excluding carboxylic acids is 1. The molecule has 0 saturated heterocycles. The van der Waals surface area contributed by atoms with Gasteiger partial charge >= 0.3 is 5.97 Å². The number of nitrogens with zero attached hydrogens (tertiary/aromatic N) is 5. The molecule has 0 atom stereocenters. The van der Waals surface area contributed by atoms with Gasteiger partial charge in [0, 0.05) is 29.3 Å². The molecule has 0 N–H and O–H groups in total. The van der Waals surface area contributed by atoms with E-state index in [0.29, 0.717) is 11.6 Å². The summed E-state index contributed by atoms with van der Waals surface area (Å²) in [5, 5.41) is 4.49. The van der Waals surface area contributed by atoms with E-state index in [9.17, 15) is 4.79 Å². The third kappa shape index (κ3) is 3.15. The second kappa shape index (κ2) is 6.57. The summed E-state index contributed by atoms with van der Waals surface area (Å²) < 4.78 is 6.55. The first-order valence-electron chi connectivity index (χ1n) is 7.58. The first-order valence-corrected chi connectivity index (χ1v) is 7.58. The highest BCUT2D eigenvalue weighted by atomic mass is 16.5. The summed E-state index contributed by atoms with van der Waals surface area (Å²) in [6, 6.07) is 7.21. The normalized spacial score (nSPS) is 10.6. The predicted octanol–water partition coefficient (Wildman–Crippen LogP) is 2.52. The van der Waals surface area contributed by atoms with E-state index in [-0.39, 0.29) is 12.3 Å². The molecule has 0 aliphatic carbocycles. The van der Waals surface area contributed by atoms with Crippen LogP contribution in [-0.2, 0) is 4.74 Å². The molecule has 7 heteroatoms. The second-order valence-electron chi connectivity index (χ2n) is 5.24. The topological polar surface area (TPSA) is 82.8 Å². The molecule has 0 aromatic carbocycles. The minimum absolute atomic E-state index is 0.278. The van der Waals surface area contributed by atoms with Gasteiger partial charge in [0.15, 0.2) is 5.69 Å². The van der Waals surface area contributed by atoms with Gasteiger partial charge in [0.25, 0.3) is 5.95 Å². The Balaban J connectivity index is 2.15. The highest BCUT2D eigenvalue weighted by Crippen LogP contribution is 2.20. The molecule has 0 aliphatic heterocycles. The van der Waals surface area contributed by atoms with Crippen molar-refractivity contribution in [1.82, 2.24) is 24.7 Å². The number of rotatable bonds is 4. The van der Waals surface area contributed by atoms with Crippen LogP contribution in [0.2, 0.25) is 0 Å². The van der Waals surface area contributed by atoms with Crippen molar-refractivity contribution >= 4 is 5.97 Å². The Morgan fingerprint density at radius 1 is 1.21 bits per heavy atom. The van der Waals surface area contributed by atoms with E-state index in [4.69, 9.17) is 4.74 Å². The molecule has 24 heavy (non-hydrogen) atoms. The molecule has 3 aromatic rings. The van der Waals surface area contributed by atoms with E-state index in [1.165, 1.54) is 4.68 Å². The largest absolute Gasteiger partial charge is 0.461 e. The Kier molecular flexibility index (Phi) is 4.33. The highest BCUT2D eigenvalue weighted by Gasteiger charge is 2.20. The van der Waals surface area contributed by atoms with Gasteiger partial charge in [0.2, 0.25) is 0 Å². The molecule has 0 spiro atoms. The quantitative estimate of drug-likeness (QED) is 0.686. The van der Waals surface area contributed by atoms with Gasteiger partial charge in [-0.2, -0.15) is 9.78 Å². The maximum atomic E-state index is 12.3. The Labute approximate surface area is 139 Å². The van der Waals surface area contributed by atoms with Crippen LogP contribution in [0.4, 0.5) is 0 Å². The number of pyridine rings is 1. The van der Waals surface area contributed by atoms with Crippen molar-refractivity contribution in [3.05, 3.63) is 53.7 Å². The van der Waals surface area contributed by atoms with Gasteiger partial charge in [-0.25, -0.2) is 14.8 Å². The molecular formula is C17H17N5O2. The van der Waals surface area contributed by atoms with Crippen LogP contribution in [0.3, 0.4) is 0 Å². The number of aryl methyl sites for hydroxylation is 2. The molecule has 0 saturated carbocycles. The molecule has 0 unspecified atom stereocenters. The number of ether oxygens (including phenoxy) is 1. The molecule has 0 amide bonds. The lowest BCUT2D eigenvalue weighted by Crippen LogP contribution is -2.14. The second-order valence-corrected chi connectivity index (χ2v) is 5.24. The average molecular weight is 323 g/mol. The van der Waals surface area contributed by atoms with Crippen LogP contribution in [0.5, 0.6) is 0 Å². The highest BCUT2D eigenvalue weighted by molar-refractivity contribution is 5.89. The Morgan fingerprint density at radius 3 is 2.58 bits per heavy atom. The summed E-state index contributed by atoms with van der Waals surface area (Å²) >= 11 is 0. The fourth-order valence-electron chi connectivity index (χ4n) is 2.34. The molecule has 0 bridgehead atoms. The number of aromatic nitrogens is 5. The van der Waals surface area contributed by atoms with Crippen LogP contribution in [-0.4, -0.2) is 37.3 Å². The zero-order valence-corrected chi connectivity index (χ0v) is 13.7. The maximum absolute atomic E-state index is 12.3. The lowest BCUT2D eigenvalue weighted by molar-refractivity contribution is 0.0515. The maximum Gasteiger partial charge on any atom is 0.357 e. The van der Waals surface area contributed by atoms with Crippen molar-refractivity contribution in [1.29, 1.82) is 0 Å². The molecule has 0 fully saturated rings. The van der Waals surface area contributed by atoms with Gasteiger partial charge in [0.05, 0.1) is 12.3 Å². The Bertz CT molecular complexity index is 854. The minimum atomic E-state index is -0.470. The SMILES string of the molecule is CCOC(=O)c1cc(-c2cccnc2)nn1-c1nc(C)cc(C)n1. The minimum Gasteiger partial charge on any atom is -0.461 e. The van der Waals surface area contributed by atoms with Crippen molar-refractivity contribution in [3.8, 4) is 17.2 Å². The molecule has 3 aromatic heterocycles. The Morgan fingerprint density at radius 2 is 1.96 bits per heavy atom. The van der Waals surface area contributed by atoms with Gasteiger partial charge in [-0.1, -0.05) is 0 Å². The van der Waals surface area contributed by atoms with Crippen molar-refractivity contribution in [2.24, 2.45) is 0 Å². The smallest absolute Gasteiger partial charge is 0.357 e. The van der Waals surface area contributed by atoms with Crippen molar-refractivity contribution in [3.63, 3.8) is 0 Å². The first-order chi connectivity index (χ1) is 11.6. The van der Waals surface area contributed by atoms with E-state index in [1.807, 2.05) is 32.0 Å². The van der Waals surface area contributed by atoms with E-state index < -0.39 is 5.97 Å². The standard InChI is InChI=1S/C17H17N5O2/c1-4-24-16(23)15-9-14(13-6-5-7-18-10-13)21-22(15)17-19-11(2)8-12(3)20-17/h5-10H,4H2,1-3H3. The van der Waals surface area contributed by atoms with E-state index in [2.05, 4.69) is 20.1 Å². The zero-order chi connectivity index (χ0) is 17.1. The number of esters is 1. The summed E-state index contributed by atoms with van der Waals surface area (Å²) in [5.41, 5.74) is 3.28. The molecular weight excluding hydrogens is 306 g/mol. The van der Waals surface area contributed by atoms with E-state index in [0.717, 1.165) is 17.0 Å². The summed E-state index contributed by atoms with van der Waals surface area (Å²) in [4.78, 5) is 25.1. The predicted molar refractivity (Wildman–Crippen MR) is 87.8 cm³/mol. The van der Waals surface area contributed by atoms with Crippen molar-refractivity contribution in [2.75, 3.05) is 6.61 Å². The summed E-state index contributed by atoms with van der Waals surface area (Å²) in [6.07, 6.45) is 3.36. The fourth-order valence-corrected chi connectivity index (χ4v) is 2.34. The lowest BCUT2D eigenvalue weighted by Gasteiger charge is -2.06.